The highest BCUT2D eigenvalue weighted by Gasteiger charge is 2.06. The van der Waals surface area contributed by atoms with E-state index in [1.54, 1.807) is 6.07 Å². The van der Waals surface area contributed by atoms with E-state index in [1.165, 1.54) is 12.1 Å². The van der Waals surface area contributed by atoms with Gasteiger partial charge in [0.25, 0.3) is 0 Å². The molecule has 0 saturated heterocycles. The van der Waals surface area contributed by atoms with Crippen LogP contribution in [0, 0.1) is 11.7 Å². The van der Waals surface area contributed by atoms with Crippen molar-refractivity contribution in [2.24, 2.45) is 5.92 Å². The van der Waals surface area contributed by atoms with Crippen molar-refractivity contribution in [3.05, 3.63) is 29.0 Å². The van der Waals surface area contributed by atoms with E-state index in [1.807, 2.05) is 0 Å². The van der Waals surface area contributed by atoms with E-state index in [2.05, 4.69) is 26.1 Å². The maximum atomic E-state index is 13.1. The van der Waals surface area contributed by atoms with Gasteiger partial charge >= 0.3 is 0 Å². The molecule has 96 valence electrons. The van der Waals surface area contributed by atoms with Gasteiger partial charge in [0.15, 0.2) is 0 Å². The van der Waals surface area contributed by atoms with E-state index in [0.717, 1.165) is 6.54 Å². The second-order valence-corrected chi connectivity index (χ2v) is 4.96. The average Bonchev–Trinajstić information content (AvgIpc) is 2.28. The highest BCUT2D eigenvalue weighted by atomic mass is 35.5. The van der Waals surface area contributed by atoms with Gasteiger partial charge in [0.2, 0.25) is 0 Å². The molecule has 1 unspecified atom stereocenters. The van der Waals surface area contributed by atoms with E-state index >= 15 is 0 Å². The van der Waals surface area contributed by atoms with Crippen molar-refractivity contribution in [2.45, 2.75) is 26.8 Å². The van der Waals surface area contributed by atoms with Crippen LogP contribution in [0.4, 0.5) is 4.39 Å². The molecular weight excluding hydrogens is 241 g/mol. The first-order valence-electron chi connectivity index (χ1n) is 5.80. The Morgan fingerprint density at radius 3 is 2.65 bits per heavy atom. The van der Waals surface area contributed by atoms with Gasteiger partial charge in [0.05, 0.1) is 11.6 Å². The van der Waals surface area contributed by atoms with Crippen molar-refractivity contribution in [2.75, 3.05) is 13.2 Å². The summed E-state index contributed by atoms with van der Waals surface area (Å²) >= 11 is 5.59. The smallest absolute Gasteiger partial charge is 0.145 e. The molecule has 17 heavy (non-hydrogen) atoms. The largest absolute Gasteiger partial charge is 0.493 e. The zero-order chi connectivity index (χ0) is 12.8. The lowest BCUT2D eigenvalue weighted by Crippen LogP contribution is -2.30. The Morgan fingerprint density at radius 1 is 1.35 bits per heavy atom. The predicted molar refractivity (Wildman–Crippen MR) is 69.2 cm³/mol. The number of ether oxygens (including phenoxy) is 1. The Hall–Kier alpha value is -0.800. The summed E-state index contributed by atoms with van der Waals surface area (Å²) in [6.07, 6.45) is 0. The van der Waals surface area contributed by atoms with Gasteiger partial charge in [-0.25, -0.2) is 4.39 Å². The number of benzene rings is 1. The van der Waals surface area contributed by atoms with Crippen LogP contribution in [0.2, 0.25) is 5.02 Å². The van der Waals surface area contributed by atoms with Crippen LogP contribution in [-0.4, -0.2) is 19.2 Å². The SMILES string of the molecule is CC(CNC(C)C)COc1ccc(Cl)c(F)c1. The van der Waals surface area contributed by atoms with E-state index in [0.29, 0.717) is 24.3 Å². The Kier molecular flexibility index (Phi) is 5.72. The summed E-state index contributed by atoms with van der Waals surface area (Å²) in [6, 6.07) is 4.95. The summed E-state index contributed by atoms with van der Waals surface area (Å²) in [6.45, 7) is 7.72. The molecule has 0 saturated carbocycles. The fraction of sp³-hybridized carbons (Fsp3) is 0.538. The molecule has 0 aliphatic rings. The van der Waals surface area contributed by atoms with Crippen LogP contribution in [0.25, 0.3) is 0 Å². The van der Waals surface area contributed by atoms with Crippen molar-refractivity contribution in [3.63, 3.8) is 0 Å². The molecule has 0 heterocycles. The molecule has 0 bridgehead atoms. The van der Waals surface area contributed by atoms with Crippen molar-refractivity contribution >= 4 is 11.6 Å². The molecule has 0 aromatic heterocycles. The summed E-state index contributed by atoms with van der Waals surface area (Å²) in [4.78, 5) is 0. The molecule has 1 aromatic rings. The molecule has 1 N–H and O–H groups in total. The highest BCUT2D eigenvalue weighted by molar-refractivity contribution is 6.30. The summed E-state index contributed by atoms with van der Waals surface area (Å²) in [7, 11) is 0. The number of halogens is 2. The number of hydrogen-bond donors (Lipinski definition) is 1. The fourth-order valence-electron chi connectivity index (χ4n) is 1.30. The second-order valence-electron chi connectivity index (χ2n) is 4.56. The van der Waals surface area contributed by atoms with Gasteiger partial charge in [-0.05, 0) is 12.1 Å². The maximum Gasteiger partial charge on any atom is 0.145 e. The van der Waals surface area contributed by atoms with Crippen LogP contribution in [0.15, 0.2) is 18.2 Å². The lowest BCUT2D eigenvalue weighted by atomic mass is 10.2. The minimum absolute atomic E-state index is 0.117. The second kappa shape index (κ2) is 6.82. The highest BCUT2D eigenvalue weighted by Crippen LogP contribution is 2.20. The fourth-order valence-corrected chi connectivity index (χ4v) is 1.42. The van der Waals surface area contributed by atoms with E-state index in [4.69, 9.17) is 16.3 Å². The van der Waals surface area contributed by atoms with E-state index in [9.17, 15) is 4.39 Å². The zero-order valence-electron chi connectivity index (χ0n) is 10.5. The lowest BCUT2D eigenvalue weighted by molar-refractivity contribution is 0.252. The normalized spacial score (nSPS) is 12.8. The molecule has 0 aliphatic carbocycles. The number of hydrogen-bond acceptors (Lipinski definition) is 2. The molecule has 2 nitrogen and oxygen atoms in total. The zero-order valence-corrected chi connectivity index (χ0v) is 11.2. The molecule has 0 amide bonds. The molecule has 1 rings (SSSR count). The van der Waals surface area contributed by atoms with Crippen molar-refractivity contribution in [1.82, 2.24) is 5.32 Å². The molecule has 4 heteroatoms. The maximum absolute atomic E-state index is 13.1. The molecular formula is C13H19ClFNO. The van der Waals surface area contributed by atoms with Gasteiger partial charge in [-0.1, -0.05) is 32.4 Å². The summed E-state index contributed by atoms with van der Waals surface area (Å²) < 4.78 is 18.6. The average molecular weight is 260 g/mol. The first-order chi connectivity index (χ1) is 7.99. The Morgan fingerprint density at radius 2 is 2.06 bits per heavy atom. The monoisotopic (exact) mass is 259 g/mol. The van der Waals surface area contributed by atoms with Crippen LogP contribution >= 0.6 is 11.6 Å². The Balaban J connectivity index is 2.36. The Bertz CT molecular complexity index is 357. The van der Waals surface area contributed by atoms with Crippen LogP contribution in [0.3, 0.4) is 0 Å². The number of rotatable bonds is 6. The molecule has 0 fully saturated rings. The third-order valence-electron chi connectivity index (χ3n) is 2.30. The van der Waals surface area contributed by atoms with E-state index < -0.39 is 5.82 Å². The number of nitrogens with one attached hydrogen (secondary N) is 1. The summed E-state index contributed by atoms with van der Waals surface area (Å²) in [5.41, 5.74) is 0. The predicted octanol–water partition coefficient (Wildman–Crippen LogP) is 3.49. The topological polar surface area (TPSA) is 21.3 Å². The van der Waals surface area contributed by atoms with Gasteiger partial charge in [-0.2, -0.15) is 0 Å². The first kappa shape index (κ1) is 14.3. The van der Waals surface area contributed by atoms with Gasteiger partial charge in [0, 0.05) is 24.6 Å². The minimum Gasteiger partial charge on any atom is -0.493 e. The molecule has 0 spiro atoms. The first-order valence-corrected chi connectivity index (χ1v) is 6.18. The van der Waals surface area contributed by atoms with Gasteiger partial charge in [-0.15, -0.1) is 0 Å². The third-order valence-corrected chi connectivity index (χ3v) is 2.61. The molecule has 0 radical (unpaired) electrons. The minimum atomic E-state index is -0.447. The van der Waals surface area contributed by atoms with Crippen LogP contribution < -0.4 is 10.1 Å². The summed E-state index contributed by atoms with van der Waals surface area (Å²) in [5, 5.41) is 3.44. The lowest BCUT2D eigenvalue weighted by Gasteiger charge is -2.15. The van der Waals surface area contributed by atoms with Gasteiger partial charge < -0.3 is 10.1 Å². The summed E-state index contributed by atoms with van der Waals surface area (Å²) in [5.74, 6) is 0.441. The van der Waals surface area contributed by atoms with E-state index in [-0.39, 0.29) is 5.02 Å². The van der Waals surface area contributed by atoms with Crippen LogP contribution in [0.5, 0.6) is 5.75 Å². The third kappa shape index (κ3) is 5.37. The van der Waals surface area contributed by atoms with Gasteiger partial charge in [-0.3, -0.25) is 0 Å². The standard InChI is InChI=1S/C13H19ClFNO/c1-9(2)16-7-10(3)8-17-11-4-5-12(14)13(15)6-11/h4-6,9-10,16H,7-8H2,1-3H3. The molecule has 1 atom stereocenters. The Labute approximate surface area is 107 Å². The van der Waals surface area contributed by atoms with Crippen LogP contribution in [0.1, 0.15) is 20.8 Å². The van der Waals surface area contributed by atoms with Crippen LogP contribution in [-0.2, 0) is 0 Å². The molecule has 1 aromatic carbocycles. The van der Waals surface area contributed by atoms with Crippen molar-refractivity contribution in [3.8, 4) is 5.75 Å². The van der Waals surface area contributed by atoms with Gasteiger partial charge in [0.1, 0.15) is 11.6 Å². The van der Waals surface area contributed by atoms with Crippen molar-refractivity contribution < 1.29 is 9.13 Å². The quantitative estimate of drug-likeness (QED) is 0.844. The molecule has 0 aliphatic heterocycles. The van der Waals surface area contributed by atoms with Crippen molar-refractivity contribution in [1.29, 1.82) is 0 Å².